The Morgan fingerprint density at radius 2 is 2.00 bits per heavy atom. The molecule has 3 atom stereocenters. The second-order valence-corrected chi connectivity index (χ2v) is 7.70. The van der Waals surface area contributed by atoms with Crippen molar-refractivity contribution < 1.29 is 15.3 Å². The molecule has 0 spiro atoms. The van der Waals surface area contributed by atoms with Crippen molar-refractivity contribution in [1.29, 1.82) is 0 Å². The van der Waals surface area contributed by atoms with E-state index >= 15 is 0 Å². The fourth-order valence-corrected chi connectivity index (χ4v) is 3.05. The van der Waals surface area contributed by atoms with Crippen LogP contribution in [0.2, 0.25) is 0 Å². The summed E-state index contributed by atoms with van der Waals surface area (Å²) in [6.45, 7) is 6.81. The Labute approximate surface area is 151 Å². The third-order valence-corrected chi connectivity index (χ3v) is 4.78. The van der Waals surface area contributed by atoms with E-state index in [1.807, 2.05) is 0 Å². The second-order valence-electron chi connectivity index (χ2n) is 7.70. The molecule has 2 aliphatic carbocycles. The first-order valence-electron chi connectivity index (χ1n) is 9.00. The zero-order valence-electron chi connectivity index (χ0n) is 15.4. The van der Waals surface area contributed by atoms with Crippen LogP contribution in [-0.4, -0.2) is 40.6 Å². The van der Waals surface area contributed by atoms with Gasteiger partial charge in [-0.15, -0.1) is 0 Å². The van der Waals surface area contributed by atoms with Crippen LogP contribution in [0.15, 0.2) is 59.4 Å². The Kier molecular flexibility index (Phi) is 6.82. The predicted molar refractivity (Wildman–Crippen MR) is 102 cm³/mol. The Morgan fingerprint density at radius 1 is 1.24 bits per heavy atom. The summed E-state index contributed by atoms with van der Waals surface area (Å²) in [5, 5.41) is 32.7. The predicted octanol–water partition coefficient (Wildman–Crippen LogP) is 3.17. The normalized spacial score (nSPS) is 24.8. The molecule has 0 amide bonds. The lowest BCUT2D eigenvalue weighted by atomic mass is 9.90. The van der Waals surface area contributed by atoms with Crippen molar-refractivity contribution in [2.24, 2.45) is 11.3 Å². The number of allylic oxidation sites excluding steroid dienone is 7. The average Bonchev–Trinajstić information content (AvgIpc) is 2.74. The van der Waals surface area contributed by atoms with E-state index < -0.39 is 6.10 Å². The van der Waals surface area contributed by atoms with Crippen LogP contribution in [-0.2, 0) is 0 Å². The molecule has 0 aliphatic heterocycles. The summed E-state index contributed by atoms with van der Waals surface area (Å²) < 4.78 is 0. The molecule has 4 N–H and O–H groups in total. The molecule has 25 heavy (non-hydrogen) atoms. The van der Waals surface area contributed by atoms with E-state index in [0.29, 0.717) is 13.0 Å². The summed E-state index contributed by atoms with van der Waals surface area (Å²) in [6, 6.07) is 0.238. The number of nitrogens with one attached hydrogen (secondary N) is 1. The van der Waals surface area contributed by atoms with Crippen molar-refractivity contribution in [1.82, 2.24) is 5.32 Å². The van der Waals surface area contributed by atoms with Crippen LogP contribution in [0, 0.1) is 11.3 Å². The largest absolute Gasteiger partial charge is 0.512 e. The summed E-state index contributed by atoms with van der Waals surface area (Å²) in [5.74, 6) is -0.119. The minimum Gasteiger partial charge on any atom is -0.512 e. The third-order valence-electron chi connectivity index (χ3n) is 4.78. The lowest BCUT2D eigenvalue weighted by Crippen LogP contribution is -2.35. The molecule has 0 radical (unpaired) electrons. The molecule has 4 nitrogen and oxygen atoms in total. The Morgan fingerprint density at radius 3 is 2.72 bits per heavy atom. The van der Waals surface area contributed by atoms with Gasteiger partial charge in [-0.05, 0) is 37.0 Å². The van der Waals surface area contributed by atoms with Crippen molar-refractivity contribution in [3.63, 3.8) is 0 Å². The van der Waals surface area contributed by atoms with Gasteiger partial charge in [0.05, 0.1) is 18.5 Å². The number of hydrogen-bond acceptors (Lipinski definition) is 4. The quantitative estimate of drug-likeness (QED) is 0.572. The fraction of sp³-hybridized carbons (Fsp3) is 0.524. The van der Waals surface area contributed by atoms with E-state index in [4.69, 9.17) is 0 Å². The van der Waals surface area contributed by atoms with Gasteiger partial charge in [-0.3, -0.25) is 0 Å². The molecule has 0 saturated heterocycles. The number of aliphatic hydroxyl groups excluding tert-OH is 3. The van der Waals surface area contributed by atoms with Gasteiger partial charge in [-0.1, -0.05) is 50.3 Å². The molecule has 2 rings (SSSR count). The van der Waals surface area contributed by atoms with Crippen LogP contribution in [0.1, 0.15) is 33.6 Å². The summed E-state index contributed by atoms with van der Waals surface area (Å²) in [5.41, 5.74) is 2.19. The number of rotatable bonds is 7. The Bertz CT molecular complexity index is 611. The van der Waals surface area contributed by atoms with E-state index in [9.17, 15) is 15.3 Å². The number of hydrogen-bond donors (Lipinski definition) is 4. The molecule has 0 heterocycles. The molecular formula is C21H31NO3. The van der Waals surface area contributed by atoms with Crippen LogP contribution in [0.4, 0.5) is 0 Å². The molecule has 2 aliphatic rings. The minimum absolute atomic E-state index is 0.0842. The monoisotopic (exact) mass is 345 g/mol. The van der Waals surface area contributed by atoms with Gasteiger partial charge < -0.3 is 20.6 Å². The van der Waals surface area contributed by atoms with Gasteiger partial charge >= 0.3 is 0 Å². The maximum Gasteiger partial charge on any atom is 0.0979 e. The maximum absolute atomic E-state index is 10.4. The van der Waals surface area contributed by atoms with Crippen LogP contribution in [0.5, 0.6) is 0 Å². The molecule has 4 heteroatoms. The van der Waals surface area contributed by atoms with Crippen LogP contribution in [0.3, 0.4) is 0 Å². The highest BCUT2D eigenvalue weighted by atomic mass is 16.3. The first-order valence-corrected chi connectivity index (χ1v) is 9.00. The van der Waals surface area contributed by atoms with Crippen molar-refractivity contribution >= 4 is 0 Å². The van der Waals surface area contributed by atoms with E-state index in [-0.39, 0.29) is 29.7 Å². The van der Waals surface area contributed by atoms with Crippen molar-refractivity contribution in [2.45, 2.75) is 45.8 Å². The summed E-state index contributed by atoms with van der Waals surface area (Å²) >= 11 is 0. The topological polar surface area (TPSA) is 72.7 Å². The van der Waals surface area contributed by atoms with Gasteiger partial charge in [0.2, 0.25) is 0 Å². The van der Waals surface area contributed by atoms with Crippen molar-refractivity contribution in [2.75, 3.05) is 13.2 Å². The SMILES string of the molecule is CC(CC1=CC=CC(C)(C)C=C1)NCC(O)C1=CC=C(O)[C@H](CO)C1. The highest BCUT2D eigenvalue weighted by Gasteiger charge is 2.22. The fourth-order valence-electron chi connectivity index (χ4n) is 3.05. The Balaban J connectivity index is 1.83. The van der Waals surface area contributed by atoms with E-state index in [1.54, 1.807) is 12.2 Å². The summed E-state index contributed by atoms with van der Waals surface area (Å²) in [6.07, 6.45) is 14.9. The molecule has 138 valence electrons. The van der Waals surface area contributed by atoms with Gasteiger partial charge in [0.1, 0.15) is 0 Å². The molecule has 0 bridgehead atoms. The zero-order chi connectivity index (χ0) is 18.4. The van der Waals surface area contributed by atoms with E-state index in [2.05, 4.69) is 56.5 Å². The molecule has 0 saturated carbocycles. The van der Waals surface area contributed by atoms with Crippen LogP contribution >= 0.6 is 0 Å². The van der Waals surface area contributed by atoms with E-state index in [1.165, 1.54) is 5.57 Å². The molecule has 0 aromatic rings. The zero-order valence-corrected chi connectivity index (χ0v) is 15.4. The van der Waals surface area contributed by atoms with Gasteiger partial charge in [0.15, 0.2) is 0 Å². The smallest absolute Gasteiger partial charge is 0.0979 e. The lowest BCUT2D eigenvalue weighted by Gasteiger charge is -2.24. The third kappa shape index (κ3) is 5.99. The molecular weight excluding hydrogens is 314 g/mol. The first kappa shape index (κ1) is 19.7. The van der Waals surface area contributed by atoms with Crippen LogP contribution < -0.4 is 5.32 Å². The summed E-state index contributed by atoms with van der Waals surface area (Å²) in [4.78, 5) is 0. The number of aliphatic hydroxyl groups is 3. The highest BCUT2D eigenvalue weighted by Crippen LogP contribution is 2.26. The first-order chi connectivity index (χ1) is 11.8. The molecule has 0 fully saturated rings. The second kappa shape index (κ2) is 8.65. The van der Waals surface area contributed by atoms with Crippen molar-refractivity contribution in [3.8, 4) is 0 Å². The summed E-state index contributed by atoms with van der Waals surface area (Å²) in [7, 11) is 0. The Hall–Kier alpha value is -1.62. The average molecular weight is 345 g/mol. The standard InChI is InChI=1S/C21H31NO3/c1-15(11-16-5-4-9-21(2,3)10-8-16)22-13-20(25)17-6-7-19(24)18(12-17)14-23/h4-10,15,18,20,22-25H,11-14H2,1-3H3/t15?,18-,20?/m0/s1. The van der Waals surface area contributed by atoms with Gasteiger partial charge in [0, 0.05) is 23.9 Å². The minimum atomic E-state index is -0.613. The molecule has 0 aromatic carbocycles. The van der Waals surface area contributed by atoms with Crippen molar-refractivity contribution in [3.05, 3.63) is 59.4 Å². The van der Waals surface area contributed by atoms with Gasteiger partial charge in [-0.2, -0.15) is 0 Å². The molecule has 2 unspecified atom stereocenters. The van der Waals surface area contributed by atoms with Gasteiger partial charge in [-0.25, -0.2) is 0 Å². The van der Waals surface area contributed by atoms with Crippen LogP contribution in [0.25, 0.3) is 0 Å². The maximum atomic E-state index is 10.4. The highest BCUT2D eigenvalue weighted by molar-refractivity contribution is 5.31. The van der Waals surface area contributed by atoms with E-state index in [0.717, 1.165) is 12.0 Å². The molecule has 0 aromatic heterocycles. The van der Waals surface area contributed by atoms with Gasteiger partial charge in [0.25, 0.3) is 0 Å². The lowest BCUT2D eigenvalue weighted by molar-refractivity contribution is 0.170.